The van der Waals surface area contributed by atoms with Crippen LogP contribution in [0, 0.1) is 5.92 Å². The summed E-state index contributed by atoms with van der Waals surface area (Å²) in [5.74, 6) is 0.947. The molecule has 0 atom stereocenters. The van der Waals surface area contributed by atoms with Crippen molar-refractivity contribution in [2.75, 3.05) is 26.2 Å². The lowest BCUT2D eigenvalue weighted by molar-refractivity contribution is -0.120. The van der Waals surface area contributed by atoms with E-state index in [1.165, 1.54) is 25.9 Å². The highest BCUT2D eigenvalue weighted by atomic mass is 35.5. The van der Waals surface area contributed by atoms with E-state index in [0.717, 1.165) is 31.0 Å². The summed E-state index contributed by atoms with van der Waals surface area (Å²) in [5.41, 5.74) is 0.963. The van der Waals surface area contributed by atoms with Gasteiger partial charge in [-0.3, -0.25) is 4.79 Å². The molecule has 1 amide bonds. The lowest BCUT2D eigenvalue weighted by Crippen LogP contribution is -2.35. The van der Waals surface area contributed by atoms with Crippen molar-refractivity contribution in [2.45, 2.75) is 32.6 Å². The first kappa shape index (κ1) is 16.3. The molecule has 0 unspecified atom stereocenters. The maximum Gasteiger partial charge on any atom is 0.224 e. The third-order valence-corrected chi connectivity index (χ3v) is 4.34. The molecule has 0 aliphatic carbocycles. The number of carbonyl (C=O) groups is 1. The number of nitrogens with zero attached hydrogens (tertiary/aromatic N) is 1. The summed E-state index contributed by atoms with van der Waals surface area (Å²) in [4.78, 5) is 14.4. The molecular formula is C17H25ClN2O. The lowest BCUT2D eigenvalue weighted by atomic mass is 9.99. The van der Waals surface area contributed by atoms with Crippen LogP contribution in [0.5, 0.6) is 0 Å². The fourth-order valence-corrected chi connectivity index (χ4v) is 2.92. The molecule has 1 heterocycles. The molecule has 1 aliphatic heterocycles. The van der Waals surface area contributed by atoms with E-state index in [1.807, 2.05) is 24.3 Å². The lowest BCUT2D eigenvalue weighted by Gasteiger charge is -2.30. The van der Waals surface area contributed by atoms with E-state index < -0.39 is 0 Å². The smallest absolute Gasteiger partial charge is 0.224 e. The van der Waals surface area contributed by atoms with E-state index in [9.17, 15) is 4.79 Å². The minimum atomic E-state index is 0.0736. The van der Waals surface area contributed by atoms with Crippen LogP contribution >= 0.6 is 11.6 Å². The van der Waals surface area contributed by atoms with Gasteiger partial charge in [0.25, 0.3) is 0 Å². The van der Waals surface area contributed by atoms with Gasteiger partial charge in [0.1, 0.15) is 0 Å². The molecule has 4 heteroatoms. The third-order valence-electron chi connectivity index (χ3n) is 4.10. The zero-order chi connectivity index (χ0) is 15.1. The minimum Gasteiger partial charge on any atom is -0.356 e. The van der Waals surface area contributed by atoms with Crippen molar-refractivity contribution in [1.82, 2.24) is 10.2 Å². The fourth-order valence-electron chi connectivity index (χ4n) is 2.71. The first-order valence-electron chi connectivity index (χ1n) is 7.87. The monoisotopic (exact) mass is 308 g/mol. The Kier molecular flexibility index (Phi) is 6.52. The van der Waals surface area contributed by atoms with Gasteiger partial charge >= 0.3 is 0 Å². The van der Waals surface area contributed by atoms with Gasteiger partial charge in [0.2, 0.25) is 5.91 Å². The Morgan fingerprint density at radius 2 is 2.14 bits per heavy atom. The number of piperidine rings is 1. The molecule has 2 rings (SSSR count). The molecule has 0 saturated carbocycles. The topological polar surface area (TPSA) is 32.3 Å². The zero-order valence-corrected chi connectivity index (χ0v) is 13.5. The second kappa shape index (κ2) is 8.40. The number of benzene rings is 1. The summed E-state index contributed by atoms with van der Waals surface area (Å²) in [6.45, 7) is 6.58. The number of halogens is 1. The van der Waals surface area contributed by atoms with Crippen LogP contribution in [-0.4, -0.2) is 37.0 Å². The van der Waals surface area contributed by atoms with Crippen molar-refractivity contribution in [1.29, 1.82) is 0 Å². The predicted octanol–water partition coefficient (Wildman–Crippen LogP) is 3.12. The number of amides is 1. The van der Waals surface area contributed by atoms with E-state index in [4.69, 9.17) is 11.6 Å². The third kappa shape index (κ3) is 6.06. The molecule has 0 spiro atoms. The van der Waals surface area contributed by atoms with E-state index in [-0.39, 0.29) is 5.91 Å². The molecule has 1 aromatic rings. The second-order valence-electron chi connectivity index (χ2n) is 6.03. The van der Waals surface area contributed by atoms with E-state index in [0.29, 0.717) is 11.4 Å². The Bertz CT molecular complexity index is 456. The average Bonchev–Trinajstić information content (AvgIpc) is 2.45. The van der Waals surface area contributed by atoms with Crippen LogP contribution in [0.25, 0.3) is 0 Å². The number of carbonyl (C=O) groups excluding carboxylic acids is 1. The van der Waals surface area contributed by atoms with Gasteiger partial charge in [-0.15, -0.1) is 0 Å². The first-order valence-corrected chi connectivity index (χ1v) is 8.25. The zero-order valence-electron chi connectivity index (χ0n) is 12.8. The van der Waals surface area contributed by atoms with Crippen LogP contribution in [0.1, 0.15) is 31.7 Å². The Hall–Kier alpha value is -1.06. The Balaban J connectivity index is 1.59. The largest absolute Gasteiger partial charge is 0.356 e. The van der Waals surface area contributed by atoms with Crippen molar-refractivity contribution >= 4 is 17.5 Å². The molecule has 0 radical (unpaired) electrons. The molecular weight excluding hydrogens is 284 g/mol. The minimum absolute atomic E-state index is 0.0736. The van der Waals surface area contributed by atoms with Crippen LogP contribution in [-0.2, 0) is 11.2 Å². The number of rotatable bonds is 6. The molecule has 1 N–H and O–H groups in total. The molecule has 1 saturated heterocycles. The summed E-state index contributed by atoms with van der Waals surface area (Å²) in [7, 11) is 0. The van der Waals surface area contributed by atoms with Gasteiger partial charge in [0.05, 0.1) is 6.42 Å². The average molecular weight is 309 g/mol. The number of hydrogen-bond donors (Lipinski definition) is 1. The van der Waals surface area contributed by atoms with Crippen LogP contribution in [0.2, 0.25) is 5.02 Å². The molecule has 1 aromatic carbocycles. The van der Waals surface area contributed by atoms with Crippen molar-refractivity contribution in [2.24, 2.45) is 5.92 Å². The van der Waals surface area contributed by atoms with Crippen LogP contribution in [0.3, 0.4) is 0 Å². The van der Waals surface area contributed by atoms with Crippen molar-refractivity contribution in [3.63, 3.8) is 0 Å². The van der Waals surface area contributed by atoms with Gasteiger partial charge in [0.15, 0.2) is 0 Å². The number of hydrogen-bond acceptors (Lipinski definition) is 2. The molecule has 116 valence electrons. The van der Waals surface area contributed by atoms with Gasteiger partial charge < -0.3 is 10.2 Å². The fraction of sp³-hybridized carbons (Fsp3) is 0.588. The highest BCUT2D eigenvalue weighted by Gasteiger charge is 2.14. The standard InChI is InChI=1S/C17H25ClN2O/c1-14-6-10-20(11-7-14)9-3-8-19-17(21)13-15-4-2-5-16(18)12-15/h2,4-5,12,14H,3,6-11,13H2,1H3,(H,19,21). The predicted molar refractivity (Wildman–Crippen MR) is 87.6 cm³/mol. The SMILES string of the molecule is CC1CCN(CCCNC(=O)Cc2cccc(Cl)c2)CC1. The van der Waals surface area contributed by atoms with Crippen molar-refractivity contribution < 1.29 is 4.79 Å². The Morgan fingerprint density at radius 1 is 1.38 bits per heavy atom. The van der Waals surface area contributed by atoms with Gasteiger partial charge in [-0.05, 0) is 62.5 Å². The normalized spacial score (nSPS) is 16.9. The summed E-state index contributed by atoms with van der Waals surface area (Å²) in [6, 6.07) is 7.47. The molecule has 21 heavy (non-hydrogen) atoms. The van der Waals surface area contributed by atoms with E-state index in [2.05, 4.69) is 17.1 Å². The first-order chi connectivity index (χ1) is 10.1. The van der Waals surface area contributed by atoms with Gasteiger partial charge in [0, 0.05) is 11.6 Å². The molecule has 1 aliphatic rings. The van der Waals surface area contributed by atoms with Gasteiger partial charge in [-0.2, -0.15) is 0 Å². The van der Waals surface area contributed by atoms with Crippen molar-refractivity contribution in [3.05, 3.63) is 34.9 Å². The highest BCUT2D eigenvalue weighted by Crippen LogP contribution is 2.15. The van der Waals surface area contributed by atoms with E-state index >= 15 is 0 Å². The van der Waals surface area contributed by atoms with Gasteiger partial charge in [-0.1, -0.05) is 30.7 Å². The maximum absolute atomic E-state index is 11.9. The van der Waals surface area contributed by atoms with Crippen molar-refractivity contribution in [3.8, 4) is 0 Å². The Labute approximate surface area is 132 Å². The molecule has 0 bridgehead atoms. The highest BCUT2D eigenvalue weighted by molar-refractivity contribution is 6.30. The van der Waals surface area contributed by atoms with E-state index in [1.54, 1.807) is 0 Å². The summed E-state index contributed by atoms with van der Waals surface area (Å²) < 4.78 is 0. The summed E-state index contributed by atoms with van der Waals surface area (Å²) in [6.07, 6.45) is 4.04. The van der Waals surface area contributed by atoms with Gasteiger partial charge in [-0.25, -0.2) is 0 Å². The number of likely N-dealkylation sites (tertiary alicyclic amines) is 1. The second-order valence-corrected chi connectivity index (χ2v) is 6.47. The summed E-state index contributed by atoms with van der Waals surface area (Å²) >= 11 is 5.91. The molecule has 1 fully saturated rings. The van der Waals surface area contributed by atoms with Crippen LogP contribution < -0.4 is 5.32 Å². The molecule has 3 nitrogen and oxygen atoms in total. The number of nitrogens with one attached hydrogen (secondary N) is 1. The summed E-state index contributed by atoms with van der Waals surface area (Å²) in [5, 5.41) is 3.67. The Morgan fingerprint density at radius 3 is 2.86 bits per heavy atom. The van der Waals surface area contributed by atoms with Crippen LogP contribution in [0.15, 0.2) is 24.3 Å². The van der Waals surface area contributed by atoms with Crippen LogP contribution in [0.4, 0.5) is 0 Å². The quantitative estimate of drug-likeness (QED) is 0.819. The molecule has 0 aromatic heterocycles. The maximum atomic E-state index is 11.9.